The Morgan fingerprint density at radius 1 is 0.919 bits per heavy atom. The maximum Gasteiger partial charge on any atom is 0.240 e. The molecule has 0 amide bonds. The molecule has 37 heavy (non-hydrogen) atoms. The standard InChI is InChI=1S/C26H31N7O2S2/c1-32-15-17-33(18-16-32)21-10-8-20(9-11-21)29-26-30-23-12-19-36-24(23)25(31-26)27-13-5-14-28-37(34,35)22-6-3-2-4-7-22/h2-4,6-12,19,28H,5,13-18H2,1H3,(H2,27,29,30,31). The molecular weight excluding hydrogens is 506 g/mol. The number of piperazine rings is 1. The largest absolute Gasteiger partial charge is 0.369 e. The lowest BCUT2D eigenvalue weighted by atomic mass is 10.2. The lowest BCUT2D eigenvalue weighted by Crippen LogP contribution is -2.44. The Morgan fingerprint density at radius 3 is 2.43 bits per heavy atom. The highest BCUT2D eigenvalue weighted by Crippen LogP contribution is 2.29. The molecule has 2 aromatic carbocycles. The number of nitrogens with one attached hydrogen (secondary N) is 3. The van der Waals surface area contributed by atoms with Crippen LogP contribution in [0.3, 0.4) is 0 Å². The summed E-state index contributed by atoms with van der Waals surface area (Å²) in [6.07, 6.45) is 0.611. The monoisotopic (exact) mass is 537 g/mol. The summed E-state index contributed by atoms with van der Waals surface area (Å²) in [5.74, 6) is 1.26. The van der Waals surface area contributed by atoms with E-state index in [4.69, 9.17) is 4.98 Å². The number of likely N-dealkylation sites (N-methyl/N-ethyl adjacent to an activating group) is 1. The van der Waals surface area contributed by atoms with E-state index in [1.165, 1.54) is 5.69 Å². The maximum atomic E-state index is 12.4. The highest BCUT2D eigenvalue weighted by atomic mass is 32.2. The highest BCUT2D eigenvalue weighted by molar-refractivity contribution is 7.89. The molecule has 11 heteroatoms. The quantitative estimate of drug-likeness (QED) is 0.261. The normalized spacial score (nSPS) is 14.7. The summed E-state index contributed by atoms with van der Waals surface area (Å²) >= 11 is 1.58. The first-order valence-corrected chi connectivity index (χ1v) is 14.7. The van der Waals surface area contributed by atoms with E-state index in [1.54, 1.807) is 41.7 Å². The van der Waals surface area contributed by atoms with Crippen LogP contribution in [0.2, 0.25) is 0 Å². The van der Waals surface area contributed by atoms with E-state index in [0.29, 0.717) is 25.5 Å². The first-order chi connectivity index (χ1) is 18.0. The number of nitrogens with zero attached hydrogens (tertiary/aromatic N) is 4. The van der Waals surface area contributed by atoms with Crippen LogP contribution in [0.4, 0.5) is 23.1 Å². The molecule has 1 aliphatic heterocycles. The van der Waals surface area contributed by atoms with Gasteiger partial charge in [0, 0.05) is 50.6 Å². The summed E-state index contributed by atoms with van der Waals surface area (Å²) in [6.45, 7) is 5.11. The molecule has 0 radical (unpaired) electrons. The molecule has 194 valence electrons. The van der Waals surface area contributed by atoms with Gasteiger partial charge in [-0.1, -0.05) is 18.2 Å². The average molecular weight is 538 g/mol. The lowest BCUT2D eigenvalue weighted by molar-refractivity contribution is 0.313. The van der Waals surface area contributed by atoms with Crippen LogP contribution in [0.15, 0.2) is 70.9 Å². The Hall–Kier alpha value is -3.25. The molecule has 0 spiro atoms. The Morgan fingerprint density at radius 2 is 1.68 bits per heavy atom. The molecule has 0 bridgehead atoms. The van der Waals surface area contributed by atoms with Crippen LogP contribution < -0.4 is 20.3 Å². The van der Waals surface area contributed by atoms with Crippen LogP contribution in [0.25, 0.3) is 10.2 Å². The van der Waals surface area contributed by atoms with Crippen molar-refractivity contribution in [1.29, 1.82) is 0 Å². The second-order valence-electron chi connectivity index (χ2n) is 8.98. The van der Waals surface area contributed by atoms with Gasteiger partial charge in [0.2, 0.25) is 16.0 Å². The van der Waals surface area contributed by atoms with Crippen molar-refractivity contribution < 1.29 is 8.42 Å². The van der Waals surface area contributed by atoms with E-state index in [9.17, 15) is 8.42 Å². The molecule has 5 rings (SSSR count). The first-order valence-electron chi connectivity index (χ1n) is 12.3. The molecule has 0 atom stereocenters. The van der Waals surface area contributed by atoms with E-state index in [1.807, 2.05) is 11.4 Å². The molecule has 1 saturated heterocycles. The third-order valence-electron chi connectivity index (χ3n) is 6.29. The lowest BCUT2D eigenvalue weighted by Gasteiger charge is -2.34. The zero-order valence-electron chi connectivity index (χ0n) is 20.7. The van der Waals surface area contributed by atoms with Crippen LogP contribution in [-0.4, -0.2) is 69.6 Å². The second kappa shape index (κ2) is 11.4. The number of rotatable bonds is 10. The predicted octanol–water partition coefficient (Wildman–Crippen LogP) is 3.97. The zero-order valence-corrected chi connectivity index (χ0v) is 22.4. The van der Waals surface area contributed by atoms with Crippen LogP contribution in [0.1, 0.15) is 6.42 Å². The van der Waals surface area contributed by atoms with Gasteiger partial charge in [0.1, 0.15) is 5.82 Å². The van der Waals surface area contributed by atoms with Crippen molar-refractivity contribution in [2.45, 2.75) is 11.3 Å². The summed E-state index contributed by atoms with van der Waals surface area (Å²) < 4.78 is 28.4. The molecular formula is C26H31N7O2S2. The van der Waals surface area contributed by atoms with Gasteiger partial charge in [0.15, 0.2) is 0 Å². The highest BCUT2D eigenvalue weighted by Gasteiger charge is 2.15. The second-order valence-corrected chi connectivity index (χ2v) is 11.7. The van der Waals surface area contributed by atoms with Crippen molar-refractivity contribution in [3.8, 4) is 0 Å². The number of thiophene rings is 1. The van der Waals surface area contributed by atoms with Crippen molar-refractivity contribution in [3.63, 3.8) is 0 Å². The fourth-order valence-electron chi connectivity index (χ4n) is 4.17. The minimum absolute atomic E-state index is 0.270. The van der Waals surface area contributed by atoms with Crippen molar-refractivity contribution in [3.05, 3.63) is 66.0 Å². The van der Waals surface area contributed by atoms with Gasteiger partial charge in [0.25, 0.3) is 0 Å². The van der Waals surface area contributed by atoms with Crippen molar-refractivity contribution in [2.75, 3.05) is 61.8 Å². The molecule has 1 fully saturated rings. The first kappa shape index (κ1) is 25.4. The van der Waals surface area contributed by atoms with Gasteiger partial charge in [-0.05, 0) is 61.3 Å². The van der Waals surface area contributed by atoms with Gasteiger partial charge < -0.3 is 20.4 Å². The summed E-state index contributed by atoms with van der Waals surface area (Å²) in [4.78, 5) is 14.4. The van der Waals surface area contributed by atoms with Crippen molar-refractivity contribution in [2.24, 2.45) is 0 Å². The minimum Gasteiger partial charge on any atom is -0.369 e. The summed E-state index contributed by atoms with van der Waals surface area (Å²) in [5, 5.41) is 8.68. The molecule has 0 aliphatic carbocycles. The number of fused-ring (bicyclic) bond motifs is 1. The van der Waals surface area contributed by atoms with Crippen LogP contribution in [-0.2, 0) is 10.0 Å². The SMILES string of the molecule is CN1CCN(c2ccc(Nc3nc(NCCCNS(=O)(=O)c4ccccc4)c4sccc4n3)cc2)CC1. The molecule has 1 aliphatic rings. The molecule has 0 unspecified atom stereocenters. The number of anilines is 4. The fourth-order valence-corrected chi connectivity index (χ4v) is 6.07. The smallest absolute Gasteiger partial charge is 0.240 e. The number of hydrogen-bond acceptors (Lipinski definition) is 9. The van der Waals surface area contributed by atoms with Crippen LogP contribution in [0, 0.1) is 0 Å². The summed E-state index contributed by atoms with van der Waals surface area (Å²) in [5.41, 5.74) is 3.01. The molecule has 0 saturated carbocycles. The summed E-state index contributed by atoms with van der Waals surface area (Å²) in [6, 6.07) is 18.7. The zero-order chi connectivity index (χ0) is 25.7. The Bertz CT molecular complexity index is 1420. The van der Waals surface area contributed by atoms with Crippen molar-refractivity contribution >= 4 is 54.7 Å². The van der Waals surface area contributed by atoms with Gasteiger partial charge in [-0.25, -0.2) is 18.1 Å². The molecule has 2 aromatic heterocycles. The van der Waals surface area contributed by atoms with E-state index >= 15 is 0 Å². The van der Waals surface area contributed by atoms with E-state index < -0.39 is 10.0 Å². The summed E-state index contributed by atoms with van der Waals surface area (Å²) in [7, 11) is -1.34. The maximum absolute atomic E-state index is 12.4. The topological polar surface area (TPSA) is 102 Å². The molecule has 4 aromatic rings. The minimum atomic E-state index is -3.50. The van der Waals surface area contributed by atoms with Crippen LogP contribution in [0.5, 0.6) is 0 Å². The number of aromatic nitrogens is 2. The van der Waals surface area contributed by atoms with E-state index in [-0.39, 0.29) is 4.90 Å². The molecule has 3 N–H and O–H groups in total. The van der Waals surface area contributed by atoms with Gasteiger partial charge in [0.05, 0.1) is 15.1 Å². The Balaban J connectivity index is 1.19. The Labute approximate surface area is 221 Å². The number of hydrogen-bond donors (Lipinski definition) is 3. The van der Waals surface area contributed by atoms with E-state index in [2.05, 4.69) is 61.5 Å². The fraction of sp³-hybridized carbons (Fsp3) is 0.308. The van der Waals surface area contributed by atoms with Gasteiger partial charge in [-0.3, -0.25) is 0 Å². The average Bonchev–Trinajstić information content (AvgIpc) is 3.39. The number of sulfonamides is 1. The van der Waals surface area contributed by atoms with E-state index in [0.717, 1.165) is 47.9 Å². The van der Waals surface area contributed by atoms with Crippen LogP contribution >= 0.6 is 11.3 Å². The molecule has 9 nitrogen and oxygen atoms in total. The molecule has 3 heterocycles. The predicted molar refractivity (Wildman–Crippen MR) is 152 cm³/mol. The van der Waals surface area contributed by atoms with Gasteiger partial charge in [-0.2, -0.15) is 4.98 Å². The Kier molecular flexibility index (Phi) is 7.85. The van der Waals surface area contributed by atoms with Crippen molar-refractivity contribution in [1.82, 2.24) is 19.6 Å². The van der Waals surface area contributed by atoms with Gasteiger partial charge >= 0.3 is 0 Å². The number of benzene rings is 2. The third kappa shape index (κ3) is 6.37. The third-order valence-corrected chi connectivity index (χ3v) is 8.67. The van der Waals surface area contributed by atoms with Gasteiger partial charge in [-0.15, -0.1) is 11.3 Å².